The van der Waals surface area contributed by atoms with Crippen LogP contribution in [0.1, 0.15) is 45.4 Å². The molecule has 0 aromatic heterocycles. The summed E-state index contributed by atoms with van der Waals surface area (Å²) in [6.07, 6.45) is 7.85. The van der Waals surface area contributed by atoms with Crippen molar-refractivity contribution in [3.8, 4) is 0 Å². The second-order valence-electron chi connectivity index (χ2n) is 6.80. The highest BCUT2D eigenvalue weighted by atomic mass is 35.5. The topological polar surface area (TPSA) is 26.3 Å². The van der Waals surface area contributed by atoms with Crippen molar-refractivity contribution in [3.05, 3.63) is 0 Å². The van der Waals surface area contributed by atoms with Crippen LogP contribution in [0.15, 0.2) is 0 Å². The molecule has 0 aromatic carbocycles. The van der Waals surface area contributed by atoms with Gasteiger partial charge in [0.1, 0.15) is 0 Å². The predicted molar refractivity (Wildman–Crippen MR) is 71.4 cm³/mol. The first-order chi connectivity index (χ1) is 8.63. The van der Waals surface area contributed by atoms with Crippen LogP contribution in [0.25, 0.3) is 0 Å². The van der Waals surface area contributed by atoms with Crippen LogP contribution < -0.4 is 0 Å². The van der Waals surface area contributed by atoms with E-state index in [1.54, 1.807) is 0 Å². The monoisotopic (exact) mass is 270 g/mol. The maximum absolute atomic E-state index is 11.9. The molecule has 102 valence electrons. The largest absolute Gasteiger partial charge is 0.381 e. The number of carbonyl (C=O) groups is 1. The van der Waals surface area contributed by atoms with Gasteiger partial charge in [-0.25, -0.2) is 0 Å². The van der Waals surface area contributed by atoms with Gasteiger partial charge in [0, 0.05) is 6.61 Å². The van der Waals surface area contributed by atoms with Gasteiger partial charge in [-0.2, -0.15) is 0 Å². The summed E-state index contributed by atoms with van der Waals surface area (Å²) in [6.45, 7) is 3.19. The maximum Gasteiger partial charge on any atom is 0.227 e. The van der Waals surface area contributed by atoms with Gasteiger partial charge in [-0.1, -0.05) is 0 Å². The van der Waals surface area contributed by atoms with E-state index in [2.05, 4.69) is 0 Å². The Labute approximate surface area is 114 Å². The zero-order valence-corrected chi connectivity index (χ0v) is 11.9. The van der Waals surface area contributed by atoms with Crippen molar-refractivity contribution in [1.29, 1.82) is 0 Å². The summed E-state index contributed by atoms with van der Waals surface area (Å²) >= 11 is 5.90. The Balaban J connectivity index is 1.81. The van der Waals surface area contributed by atoms with Gasteiger partial charge in [-0.05, 0) is 80.2 Å². The molecule has 0 radical (unpaired) electrons. The lowest BCUT2D eigenvalue weighted by Crippen LogP contribution is -2.52. The molecule has 0 amide bonds. The lowest BCUT2D eigenvalue weighted by Gasteiger charge is -2.58. The van der Waals surface area contributed by atoms with E-state index in [9.17, 15) is 4.79 Å². The number of hydrogen-bond donors (Lipinski definition) is 0. The molecule has 3 heteroatoms. The third kappa shape index (κ3) is 2.12. The van der Waals surface area contributed by atoms with Gasteiger partial charge >= 0.3 is 0 Å². The van der Waals surface area contributed by atoms with Crippen LogP contribution in [0.2, 0.25) is 0 Å². The molecule has 4 aliphatic carbocycles. The lowest BCUT2D eigenvalue weighted by molar-refractivity contribution is -0.137. The molecule has 2 nitrogen and oxygen atoms in total. The second-order valence-corrected chi connectivity index (χ2v) is 7.17. The van der Waals surface area contributed by atoms with Gasteiger partial charge in [-0.3, -0.25) is 4.79 Å². The van der Waals surface area contributed by atoms with Crippen LogP contribution in [0.4, 0.5) is 0 Å². The summed E-state index contributed by atoms with van der Waals surface area (Å²) < 4.78 is 5.54. The third-order valence-corrected chi connectivity index (χ3v) is 5.85. The molecule has 0 aliphatic heterocycles. The predicted octanol–water partition coefficient (Wildman–Crippen LogP) is 3.62. The van der Waals surface area contributed by atoms with Crippen LogP contribution in [0, 0.1) is 29.1 Å². The van der Waals surface area contributed by atoms with Gasteiger partial charge < -0.3 is 4.74 Å². The summed E-state index contributed by atoms with van der Waals surface area (Å²) in [7, 11) is 0. The fraction of sp³-hybridized carbons (Fsp3) is 0.933. The summed E-state index contributed by atoms with van der Waals surface area (Å²) in [5.41, 5.74) is 0.183. The minimum absolute atomic E-state index is 0.0625. The Morgan fingerprint density at radius 3 is 2.11 bits per heavy atom. The van der Waals surface area contributed by atoms with E-state index in [1.165, 1.54) is 38.5 Å². The highest BCUT2D eigenvalue weighted by Gasteiger charge is 2.55. The highest BCUT2D eigenvalue weighted by Crippen LogP contribution is 2.63. The molecule has 4 saturated carbocycles. The molecule has 4 aliphatic rings. The minimum Gasteiger partial charge on any atom is -0.381 e. The van der Waals surface area contributed by atoms with Crippen LogP contribution in [0.3, 0.4) is 0 Å². The van der Waals surface area contributed by atoms with Gasteiger partial charge in [0.15, 0.2) is 0 Å². The van der Waals surface area contributed by atoms with Crippen molar-refractivity contribution >= 4 is 16.8 Å². The number of rotatable bonds is 5. The molecule has 0 heterocycles. The van der Waals surface area contributed by atoms with Crippen LogP contribution in [0.5, 0.6) is 0 Å². The zero-order chi connectivity index (χ0) is 12.8. The van der Waals surface area contributed by atoms with E-state index < -0.39 is 0 Å². The van der Waals surface area contributed by atoms with E-state index in [0.29, 0.717) is 13.2 Å². The van der Waals surface area contributed by atoms with Crippen LogP contribution >= 0.6 is 11.6 Å². The summed E-state index contributed by atoms with van der Waals surface area (Å²) in [6, 6.07) is 0. The Bertz CT molecular complexity index is 304. The van der Waals surface area contributed by atoms with Crippen molar-refractivity contribution in [2.45, 2.75) is 45.4 Å². The Morgan fingerprint density at radius 2 is 1.72 bits per heavy atom. The normalized spacial score (nSPS) is 43.1. The summed E-state index contributed by atoms with van der Waals surface area (Å²) in [5, 5.41) is -0.162. The van der Waals surface area contributed by atoms with Gasteiger partial charge in [0.2, 0.25) is 5.24 Å². The number of ether oxygens (including phenoxy) is 1. The Kier molecular flexibility index (Phi) is 3.44. The molecule has 0 N–H and O–H groups in total. The summed E-state index contributed by atoms with van der Waals surface area (Å²) in [5.74, 6) is 2.51. The molecule has 1 atom stereocenters. The molecule has 0 spiro atoms. The van der Waals surface area contributed by atoms with E-state index in [4.69, 9.17) is 16.3 Å². The average molecular weight is 271 g/mol. The molecule has 0 saturated heterocycles. The first-order valence-electron chi connectivity index (χ1n) is 7.40. The summed E-state index contributed by atoms with van der Waals surface area (Å²) in [4.78, 5) is 11.9. The van der Waals surface area contributed by atoms with Crippen LogP contribution in [-0.2, 0) is 9.53 Å². The van der Waals surface area contributed by atoms with Crippen molar-refractivity contribution in [1.82, 2.24) is 0 Å². The first-order valence-corrected chi connectivity index (χ1v) is 7.78. The molecule has 0 aromatic rings. The van der Waals surface area contributed by atoms with Gasteiger partial charge in [0.25, 0.3) is 0 Å². The number of hydrogen-bond acceptors (Lipinski definition) is 2. The standard InChI is InChI=1S/C15H23ClO2/c1-2-18-9-13(14(16)17)15-6-10-3-11(7-15)5-12(4-10)8-15/h10-13H,2-9H2,1H3. The van der Waals surface area contributed by atoms with Crippen molar-refractivity contribution < 1.29 is 9.53 Å². The smallest absolute Gasteiger partial charge is 0.227 e. The number of carbonyl (C=O) groups excluding carboxylic acids is 1. The first kappa shape index (κ1) is 12.9. The van der Waals surface area contributed by atoms with Crippen LogP contribution in [-0.4, -0.2) is 18.5 Å². The molecular weight excluding hydrogens is 248 g/mol. The molecule has 18 heavy (non-hydrogen) atoms. The van der Waals surface area contributed by atoms with E-state index in [0.717, 1.165) is 17.8 Å². The maximum atomic E-state index is 11.9. The van der Waals surface area contributed by atoms with E-state index >= 15 is 0 Å². The van der Waals surface area contributed by atoms with Crippen molar-refractivity contribution in [2.75, 3.05) is 13.2 Å². The molecule has 4 bridgehead atoms. The molecule has 4 rings (SSSR count). The van der Waals surface area contributed by atoms with Crippen molar-refractivity contribution in [3.63, 3.8) is 0 Å². The third-order valence-electron chi connectivity index (χ3n) is 5.59. The Hall–Kier alpha value is -0.0800. The quantitative estimate of drug-likeness (QED) is 0.713. The Morgan fingerprint density at radius 1 is 1.22 bits per heavy atom. The van der Waals surface area contributed by atoms with Gasteiger partial charge in [-0.15, -0.1) is 0 Å². The average Bonchev–Trinajstić information content (AvgIpc) is 2.26. The van der Waals surface area contributed by atoms with E-state index in [1.807, 2.05) is 6.92 Å². The van der Waals surface area contributed by atoms with Crippen molar-refractivity contribution in [2.24, 2.45) is 29.1 Å². The highest BCUT2D eigenvalue weighted by molar-refractivity contribution is 6.64. The number of halogens is 1. The molecule has 1 unspecified atom stereocenters. The van der Waals surface area contributed by atoms with E-state index in [-0.39, 0.29) is 16.6 Å². The molecule has 4 fully saturated rings. The fourth-order valence-electron chi connectivity index (χ4n) is 5.32. The SMILES string of the molecule is CCOCC(C(=O)Cl)C12CC3CC(CC(C3)C1)C2. The second kappa shape index (κ2) is 4.79. The minimum atomic E-state index is -0.162. The van der Waals surface area contributed by atoms with Gasteiger partial charge in [0.05, 0.1) is 12.5 Å². The fourth-order valence-corrected chi connectivity index (χ4v) is 5.62. The molecular formula is C15H23ClO2. The zero-order valence-electron chi connectivity index (χ0n) is 11.2. The lowest BCUT2D eigenvalue weighted by atomic mass is 9.46.